The van der Waals surface area contributed by atoms with Gasteiger partial charge in [-0.25, -0.2) is 0 Å². The van der Waals surface area contributed by atoms with Crippen LogP contribution in [0.15, 0.2) is 18.2 Å². The van der Waals surface area contributed by atoms with Gasteiger partial charge in [0.25, 0.3) is 0 Å². The molecule has 1 aromatic carbocycles. The highest BCUT2D eigenvalue weighted by atomic mass is 14.7. The summed E-state index contributed by atoms with van der Waals surface area (Å²) in [6, 6.07) is 6.83. The van der Waals surface area contributed by atoms with E-state index in [9.17, 15) is 0 Å². The third kappa shape index (κ3) is 4.51. The Hall–Kier alpha value is -0.820. The van der Waals surface area contributed by atoms with Crippen molar-refractivity contribution in [3.05, 3.63) is 34.9 Å². The predicted octanol–water partition coefficient (Wildman–Crippen LogP) is 3.96. The smallest absolute Gasteiger partial charge is 0.0100 e. The van der Waals surface area contributed by atoms with Crippen LogP contribution in [0.5, 0.6) is 0 Å². The summed E-state index contributed by atoms with van der Waals surface area (Å²) in [5, 5.41) is 0. The highest BCUT2D eigenvalue weighted by Gasteiger charge is 2.16. The normalized spacial score (nSPS) is 12.9. The van der Waals surface area contributed by atoms with E-state index in [4.69, 9.17) is 5.73 Å². The minimum absolute atomic E-state index is 0.0792. The standard InChI is InChI=1S/C16H27N/c1-12-7-8-14(15(2,3)4)11-13(12)9-10-16(5,6)17/h7-8,11H,9-10,17H2,1-6H3. The van der Waals surface area contributed by atoms with Gasteiger partial charge in [0.2, 0.25) is 0 Å². The molecule has 1 heteroatoms. The van der Waals surface area contributed by atoms with Gasteiger partial charge in [-0.05, 0) is 55.7 Å². The Morgan fingerprint density at radius 3 is 2.12 bits per heavy atom. The van der Waals surface area contributed by atoms with Crippen molar-refractivity contribution in [2.45, 2.75) is 65.3 Å². The SMILES string of the molecule is Cc1ccc(C(C)(C)C)cc1CCC(C)(C)N. The van der Waals surface area contributed by atoms with E-state index in [1.54, 1.807) is 0 Å². The molecule has 0 fully saturated rings. The zero-order valence-electron chi connectivity index (χ0n) is 12.2. The number of nitrogens with two attached hydrogens (primary N) is 1. The van der Waals surface area contributed by atoms with Crippen LogP contribution < -0.4 is 5.73 Å². The molecule has 0 spiro atoms. The van der Waals surface area contributed by atoms with E-state index in [-0.39, 0.29) is 11.0 Å². The van der Waals surface area contributed by atoms with E-state index in [1.165, 1.54) is 16.7 Å². The fraction of sp³-hybridized carbons (Fsp3) is 0.625. The molecular formula is C16H27N. The van der Waals surface area contributed by atoms with Gasteiger partial charge in [-0.3, -0.25) is 0 Å². The van der Waals surface area contributed by atoms with E-state index in [0.717, 1.165) is 12.8 Å². The minimum atomic E-state index is -0.0792. The molecule has 0 saturated heterocycles. The highest BCUT2D eigenvalue weighted by Crippen LogP contribution is 2.25. The van der Waals surface area contributed by atoms with Crippen LogP contribution >= 0.6 is 0 Å². The van der Waals surface area contributed by atoms with Gasteiger partial charge in [0.05, 0.1) is 0 Å². The molecular weight excluding hydrogens is 206 g/mol. The second-order valence-electron chi connectivity index (χ2n) is 6.88. The van der Waals surface area contributed by atoms with Gasteiger partial charge in [-0.2, -0.15) is 0 Å². The van der Waals surface area contributed by atoms with Gasteiger partial charge in [0, 0.05) is 5.54 Å². The maximum atomic E-state index is 6.06. The quantitative estimate of drug-likeness (QED) is 0.840. The summed E-state index contributed by atoms with van der Waals surface area (Å²) in [5.41, 5.74) is 10.4. The molecule has 0 aromatic heterocycles. The second-order valence-corrected chi connectivity index (χ2v) is 6.88. The highest BCUT2D eigenvalue weighted by molar-refractivity contribution is 5.34. The molecule has 0 atom stereocenters. The van der Waals surface area contributed by atoms with Gasteiger partial charge in [0.15, 0.2) is 0 Å². The number of aryl methyl sites for hydroxylation is 2. The molecule has 0 aliphatic rings. The van der Waals surface area contributed by atoms with Crippen molar-refractivity contribution in [1.82, 2.24) is 0 Å². The average molecular weight is 233 g/mol. The van der Waals surface area contributed by atoms with Crippen LogP contribution in [0, 0.1) is 6.92 Å². The van der Waals surface area contributed by atoms with Crippen molar-refractivity contribution in [3.63, 3.8) is 0 Å². The van der Waals surface area contributed by atoms with E-state index in [0.29, 0.717) is 0 Å². The third-order valence-electron chi connectivity index (χ3n) is 3.25. The molecule has 0 aliphatic carbocycles. The Morgan fingerprint density at radius 2 is 1.65 bits per heavy atom. The predicted molar refractivity (Wildman–Crippen MR) is 76.5 cm³/mol. The lowest BCUT2D eigenvalue weighted by atomic mass is 9.84. The lowest BCUT2D eigenvalue weighted by molar-refractivity contribution is 0.476. The van der Waals surface area contributed by atoms with Crippen molar-refractivity contribution >= 4 is 0 Å². The van der Waals surface area contributed by atoms with Gasteiger partial charge in [0.1, 0.15) is 0 Å². The largest absolute Gasteiger partial charge is 0.326 e. The fourth-order valence-corrected chi connectivity index (χ4v) is 1.86. The molecule has 0 saturated carbocycles. The zero-order valence-corrected chi connectivity index (χ0v) is 12.2. The van der Waals surface area contributed by atoms with Crippen molar-refractivity contribution in [1.29, 1.82) is 0 Å². The summed E-state index contributed by atoms with van der Waals surface area (Å²) in [5.74, 6) is 0. The molecule has 1 aromatic rings. The van der Waals surface area contributed by atoms with Crippen molar-refractivity contribution in [3.8, 4) is 0 Å². The molecule has 0 amide bonds. The number of rotatable bonds is 3. The minimum Gasteiger partial charge on any atom is -0.326 e. The Labute approximate surface area is 106 Å². The lowest BCUT2D eigenvalue weighted by Crippen LogP contribution is -2.32. The maximum Gasteiger partial charge on any atom is 0.0100 e. The zero-order chi connectivity index (χ0) is 13.3. The topological polar surface area (TPSA) is 26.0 Å². The Kier molecular flexibility index (Phi) is 4.03. The molecule has 2 N–H and O–H groups in total. The summed E-state index contributed by atoms with van der Waals surface area (Å²) < 4.78 is 0. The summed E-state index contributed by atoms with van der Waals surface area (Å²) in [4.78, 5) is 0. The molecule has 0 radical (unpaired) electrons. The van der Waals surface area contributed by atoms with E-state index >= 15 is 0 Å². The monoisotopic (exact) mass is 233 g/mol. The Morgan fingerprint density at radius 1 is 1.06 bits per heavy atom. The van der Waals surface area contributed by atoms with Crippen LogP contribution in [-0.2, 0) is 11.8 Å². The van der Waals surface area contributed by atoms with Crippen LogP contribution in [0.1, 0.15) is 57.7 Å². The van der Waals surface area contributed by atoms with Crippen LogP contribution in [0.3, 0.4) is 0 Å². The van der Waals surface area contributed by atoms with E-state index in [1.807, 2.05) is 0 Å². The molecule has 0 heterocycles. The summed E-state index contributed by atoms with van der Waals surface area (Å²) in [7, 11) is 0. The van der Waals surface area contributed by atoms with Crippen molar-refractivity contribution in [2.24, 2.45) is 5.73 Å². The van der Waals surface area contributed by atoms with Crippen LogP contribution in [-0.4, -0.2) is 5.54 Å². The van der Waals surface area contributed by atoms with Crippen molar-refractivity contribution in [2.75, 3.05) is 0 Å². The summed E-state index contributed by atoms with van der Waals surface area (Å²) in [6.45, 7) is 13.1. The van der Waals surface area contributed by atoms with Crippen LogP contribution in [0.25, 0.3) is 0 Å². The van der Waals surface area contributed by atoms with E-state index < -0.39 is 0 Å². The van der Waals surface area contributed by atoms with Gasteiger partial charge < -0.3 is 5.73 Å². The maximum absolute atomic E-state index is 6.06. The average Bonchev–Trinajstić information content (AvgIpc) is 2.13. The van der Waals surface area contributed by atoms with Crippen LogP contribution in [0.2, 0.25) is 0 Å². The Balaban J connectivity index is 2.92. The third-order valence-corrected chi connectivity index (χ3v) is 3.25. The lowest BCUT2D eigenvalue weighted by Gasteiger charge is -2.22. The molecule has 0 unspecified atom stereocenters. The van der Waals surface area contributed by atoms with Gasteiger partial charge in [-0.15, -0.1) is 0 Å². The summed E-state index contributed by atoms with van der Waals surface area (Å²) in [6.07, 6.45) is 2.10. The number of benzene rings is 1. The summed E-state index contributed by atoms with van der Waals surface area (Å²) >= 11 is 0. The first-order chi connectivity index (χ1) is 7.59. The molecule has 0 bridgehead atoms. The Bertz CT molecular complexity index is 377. The first kappa shape index (κ1) is 14.2. The second kappa shape index (κ2) is 4.81. The molecule has 0 aliphatic heterocycles. The first-order valence-corrected chi connectivity index (χ1v) is 6.48. The fourth-order valence-electron chi connectivity index (χ4n) is 1.86. The van der Waals surface area contributed by atoms with Gasteiger partial charge in [-0.1, -0.05) is 39.0 Å². The number of hydrogen-bond donors (Lipinski definition) is 1. The van der Waals surface area contributed by atoms with Crippen LogP contribution in [0.4, 0.5) is 0 Å². The van der Waals surface area contributed by atoms with Gasteiger partial charge >= 0.3 is 0 Å². The molecule has 1 rings (SSSR count). The molecule has 96 valence electrons. The molecule has 1 nitrogen and oxygen atoms in total. The number of hydrogen-bond acceptors (Lipinski definition) is 1. The first-order valence-electron chi connectivity index (χ1n) is 6.48. The van der Waals surface area contributed by atoms with Crippen molar-refractivity contribution < 1.29 is 0 Å². The van der Waals surface area contributed by atoms with E-state index in [2.05, 4.69) is 59.7 Å². The molecule has 17 heavy (non-hydrogen) atoms.